The maximum atomic E-state index is 11.9. The number of hydrogen-bond acceptors (Lipinski definition) is 3. The maximum Gasteiger partial charge on any atom is 0.244 e. The summed E-state index contributed by atoms with van der Waals surface area (Å²) in [6, 6.07) is 7.85. The van der Waals surface area contributed by atoms with Gasteiger partial charge in [0.2, 0.25) is 5.91 Å². The summed E-state index contributed by atoms with van der Waals surface area (Å²) in [7, 11) is 1.81. The van der Waals surface area contributed by atoms with E-state index in [1.807, 2.05) is 32.0 Å². The molecule has 0 atom stereocenters. The lowest BCUT2D eigenvalue weighted by Gasteiger charge is -2.11. The van der Waals surface area contributed by atoms with Gasteiger partial charge in [0.15, 0.2) is 0 Å². The SMILES string of the molecule is Cc1cc(NC(=O)CNc2cccc(C)c2C)n(C)n1. The first-order valence-electron chi connectivity index (χ1n) is 6.58. The van der Waals surface area contributed by atoms with E-state index in [0.717, 1.165) is 16.9 Å². The van der Waals surface area contributed by atoms with Crippen molar-refractivity contribution in [3.05, 3.63) is 41.1 Å². The molecule has 20 heavy (non-hydrogen) atoms. The monoisotopic (exact) mass is 272 g/mol. The summed E-state index contributed by atoms with van der Waals surface area (Å²) in [5, 5.41) is 10.2. The van der Waals surface area contributed by atoms with Gasteiger partial charge >= 0.3 is 0 Å². The molecule has 0 unspecified atom stereocenters. The first-order chi connectivity index (χ1) is 9.47. The zero-order valence-corrected chi connectivity index (χ0v) is 12.3. The van der Waals surface area contributed by atoms with Crippen LogP contribution in [0.1, 0.15) is 16.8 Å². The lowest BCUT2D eigenvalue weighted by Crippen LogP contribution is -2.23. The van der Waals surface area contributed by atoms with Gasteiger partial charge in [0.05, 0.1) is 12.2 Å². The Bertz CT molecular complexity index is 631. The van der Waals surface area contributed by atoms with E-state index in [9.17, 15) is 4.79 Å². The molecule has 5 heteroatoms. The average molecular weight is 272 g/mol. The predicted octanol–water partition coefficient (Wildman–Crippen LogP) is 2.40. The van der Waals surface area contributed by atoms with Crippen molar-refractivity contribution in [2.75, 3.05) is 17.2 Å². The first kappa shape index (κ1) is 14.1. The van der Waals surface area contributed by atoms with Crippen LogP contribution in [0.25, 0.3) is 0 Å². The predicted molar refractivity (Wildman–Crippen MR) is 81.0 cm³/mol. The van der Waals surface area contributed by atoms with Crippen molar-refractivity contribution in [1.29, 1.82) is 0 Å². The van der Waals surface area contributed by atoms with Gasteiger partial charge in [-0.1, -0.05) is 12.1 Å². The van der Waals surface area contributed by atoms with Crippen LogP contribution in [-0.4, -0.2) is 22.2 Å². The third-order valence-electron chi connectivity index (χ3n) is 3.31. The van der Waals surface area contributed by atoms with E-state index in [4.69, 9.17) is 0 Å². The highest BCUT2D eigenvalue weighted by Gasteiger charge is 2.07. The number of benzene rings is 1. The van der Waals surface area contributed by atoms with Crippen LogP contribution in [0.5, 0.6) is 0 Å². The molecule has 0 aliphatic carbocycles. The molecule has 1 aromatic heterocycles. The van der Waals surface area contributed by atoms with Gasteiger partial charge in [-0.2, -0.15) is 5.10 Å². The first-order valence-corrected chi connectivity index (χ1v) is 6.58. The lowest BCUT2D eigenvalue weighted by atomic mass is 10.1. The standard InChI is InChI=1S/C15H20N4O/c1-10-6-5-7-13(12(10)3)16-9-15(20)17-14-8-11(2)18-19(14)4/h5-8,16H,9H2,1-4H3,(H,17,20). The minimum absolute atomic E-state index is 0.0890. The number of rotatable bonds is 4. The fraction of sp³-hybridized carbons (Fsp3) is 0.333. The quantitative estimate of drug-likeness (QED) is 0.898. The third kappa shape index (κ3) is 3.17. The molecular weight excluding hydrogens is 252 g/mol. The number of amides is 1. The zero-order valence-electron chi connectivity index (χ0n) is 12.3. The lowest BCUT2D eigenvalue weighted by molar-refractivity contribution is -0.114. The molecule has 0 bridgehead atoms. The van der Waals surface area contributed by atoms with E-state index < -0.39 is 0 Å². The minimum atomic E-state index is -0.0890. The van der Waals surface area contributed by atoms with Gasteiger partial charge in [-0.05, 0) is 38.0 Å². The highest BCUT2D eigenvalue weighted by molar-refractivity contribution is 5.93. The van der Waals surface area contributed by atoms with Crippen molar-refractivity contribution in [2.24, 2.45) is 7.05 Å². The van der Waals surface area contributed by atoms with Crippen LogP contribution in [0.3, 0.4) is 0 Å². The van der Waals surface area contributed by atoms with Crippen LogP contribution in [0.15, 0.2) is 24.3 Å². The summed E-state index contributed by atoms with van der Waals surface area (Å²) >= 11 is 0. The van der Waals surface area contributed by atoms with Crippen molar-refractivity contribution in [3.63, 3.8) is 0 Å². The number of nitrogens with zero attached hydrogens (tertiary/aromatic N) is 2. The van der Waals surface area contributed by atoms with E-state index in [2.05, 4.69) is 28.7 Å². The van der Waals surface area contributed by atoms with E-state index in [1.54, 1.807) is 11.7 Å². The summed E-state index contributed by atoms with van der Waals surface area (Å²) in [5.74, 6) is 0.615. The van der Waals surface area contributed by atoms with Gasteiger partial charge in [-0.15, -0.1) is 0 Å². The second-order valence-electron chi connectivity index (χ2n) is 4.94. The Labute approximate surface area is 119 Å². The van der Waals surface area contributed by atoms with Crippen LogP contribution in [0, 0.1) is 20.8 Å². The summed E-state index contributed by atoms with van der Waals surface area (Å²) in [5.41, 5.74) is 4.24. The second-order valence-corrected chi connectivity index (χ2v) is 4.94. The number of aryl methyl sites for hydroxylation is 3. The number of hydrogen-bond donors (Lipinski definition) is 2. The molecule has 1 heterocycles. The fourth-order valence-corrected chi connectivity index (χ4v) is 2.03. The molecule has 0 radical (unpaired) electrons. The Morgan fingerprint density at radius 3 is 2.70 bits per heavy atom. The van der Waals surface area contributed by atoms with Crippen LogP contribution in [0.4, 0.5) is 11.5 Å². The average Bonchev–Trinajstić information content (AvgIpc) is 2.69. The molecule has 106 valence electrons. The molecule has 1 aromatic carbocycles. The van der Waals surface area contributed by atoms with Crippen molar-refractivity contribution in [2.45, 2.75) is 20.8 Å². The Kier molecular flexibility index (Phi) is 4.08. The number of anilines is 2. The second kappa shape index (κ2) is 5.77. The minimum Gasteiger partial charge on any atom is -0.376 e. The van der Waals surface area contributed by atoms with Gasteiger partial charge in [-0.3, -0.25) is 9.48 Å². The van der Waals surface area contributed by atoms with Crippen molar-refractivity contribution in [3.8, 4) is 0 Å². The van der Waals surface area contributed by atoms with Gasteiger partial charge in [0.25, 0.3) is 0 Å². The molecule has 0 aliphatic rings. The highest BCUT2D eigenvalue weighted by atomic mass is 16.2. The van der Waals surface area contributed by atoms with Gasteiger partial charge in [-0.25, -0.2) is 0 Å². The largest absolute Gasteiger partial charge is 0.376 e. The summed E-state index contributed by atoms with van der Waals surface area (Å²) < 4.78 is 1.66. The summed E-state index contributed by atoms with van der Waals surface area (Å²) in [6.07, 6.45) is 0. The Morgan fingerprint density at radius 1 is 1.30 bits per heavy atom. The van der Waals surface area contributed by atoms with Crippen LogP contribution in [-0.2, 0) is 11.8 Å². The molecule has 2 rings (SSSR count). The number of aromatic nitrogens is 2. The van der Waals surface area contributed by atoms with Crippen LogP contribution in [0.2, 0.25) is 0 Å². The van der Waals surface area contributed by atoms with E-state index in [0.29, 0.717) is 5.82 Å². The number of nitrogens with one attached hydrogen (secondary N) is 2. The van der Waals surface area contributed by atoms with Crippen molar-refractivity contribution < 1.29 is 4.79 Å². The van der Waals surface area contributed by atoms with Crippen LogP contribution >= 0.6 is 0 Å². The Balaban J connectivity index is 1.96. The molecule has 5 nitrogen and oxygen atoms in total. The van der Waals surface area contributed by atoms with E-state index in [1.165, 1.54) is 5.56 Å². The van der Waals surface area contributed by atoms with Gasteiger partial charge in [0, 0.05) is 18.8 Å². The topological polar surface area (TPSA) is 59.0 Å². The molecule has 0 fully saturated rings. The molecule has 0 aliphatic heterocycles. The van der Waals surface area contributed by atoms with Crippen molar-refractivity contribution in [1.82, 2.24) is 9.78 Å². The summed E-state index contributed by atoms with van der Waals surface area (Å²) in [6.45, 7) is 6.22. The van der Waals surface area contributed by atoms with E-state index >= 15 is 0 Å². The Morgan fingerprint density at radius 2 is 2.05 bits per heavy atom. The molecule has 2 N–H and O–H groups in total. The molecule has 0 saturated carbocycles. The normalized spacial score (nSPS) is 10.4. The molecule has 0 saturated heterocycles. The molecular formula is C15H20N4O. The molecule has 2 aromatic rings. The van der Waals surface area contributed by atoms with Gasteiger partial charge in [0.1, 0.15) is 5.82 Å². The summed E-state index contributed by atoms with van der Waals surface area (Å²) in [4.78, 5) is 11.9. The zero-order chi connectivity index (χ0) is 14.7. The number of carbonyl (C=O) groups excluding carboxylic acids is 1. The molecule has 1 amide bonds. The van der Waals surface area contributed by atoms with Crippen molar-refractivity contribution >= 4 is 17.4 Å². The van der Waals surface area contributed by atoms with Gasteiger partial charge < -0.3 is 10.6 Å². The molecule has 0 spiro atoms. The maximum absolute atomic E-state index is 11.9. The third-order valence-corrected chi connectivity index (χ3v) is 3.31. The fourth-order valence-electron chi connectivity index (χ4n) is 2.03. The van der Waals surface area contributed by atoms with E-state index in [-0.39, 0.29) is 12.5 Å². The highest BCUT2D eigenvalue weighted by Crippen LogP contribution is 2.17. The Hall–Kier alpha value is -2.30. The number of carbonyl (C=O) groups is 1. The van der Waals surface area contributed by atoms with Crippen LogP contribution < -0.4 is 10.6 Å². The smallest absolute Gasteiger partial charge is 0.244 e.